The van der Waals surface area contributed by atoms with E-state index in [1.54, 1.807) is 0 Å². The molecule has 15 heteroatoms. The number of aliphatic imine (C=N–C) groups is 2. The van der Waals surface area contributed by atoms with Crippen LogP contribution >= 0.6 is 0 Å². The molecule has 0 saturated carbocycles. The zero-order valence-corrected chi connectivity index (χ0v) is 16.0. The van der Waals surface area contributed by atoms with Gasteiger partial charge in [-0.3, -0.25) is 5.43 Å². The SMILES string of the molecule is COC1=CC(OC)=NC2N=C(NS(=O)(=O)c3c(C(F)(F)F)ccnc3OC)NN12. The molecular formula is C14H15F3N6O5S. The van der Waals surface area contributed by atoms with Crippen LogP contribution in [0.5, 0.6) is 5.88 Å². The van der Waals surface area contributed by atoms with E-state index in [0.29, 0.717) is 6.07 Å². The van der Waals surface area contributed by atoms with Gasteiger partial charge in [-0.15, -0.1) is 0 Å². The average molecular weight is 436 g/mol. The van der Waals surface area contributed by atoms with E-state index in [2.05, 4.69) is 20.4 Å². The lowest BCUT2D eigenvalue weighted by Crippen LogP contribution is -2.47. The number of alkyl halides is 3. The number of sulfonamides is 1. The third kappa shape index (κ3) is 3.85. The van der Waals surface area contributed by atoms with E-state index in [1.807, 2.05) is 4.72 Å². The van der Waals surface area contributed by atoms with Crippen LogP contribution < -0.4 is 14.9 Å². The van der Waals surface area contributed by atoms with Gasteiger partial charge in [-0.05, 0) is 6.07 Å². The number of rotatable bonds is 4. The van der Waals surface area contributed by atoms with Gasteiger partial charge in [0.15, 0.2) is 4.90 Å². The first-order chi connectivity index (χ1) is 13.6. The maximum Gasteiger partial charge on any atom is 0.418 e. The molecule has 0 radical (unpaired) electrons. The number of guanidine groups is 1. The highest BCUT2D eigenvalue weighted by Gasteiger charge is 2.41. The van der Waals surface area contributed by atoms with Crippen molar-refractivity contribution in [1.82, 2.24) is 20.1 Å². The summed E-state index contributed by atoms with van der Waals surface area (Å²) in [4.78, 5) is 10.4. The van der Waals surface area contributed by atoms with Crippen LogP contribution in [0, 0.1) is 0 Å². The van der Waals surface area contributed by atoms with Gasteiger partial charge < -0.3 is 14.2 Å². The highest BCUT2D eigenvalue weighted by atomic mass is 32.2. The van der Waals surface area contributed by atoms with Crippen molar-refractivity contribution >= 4 is 21.9 Å². The summed E-state index contributed by atoms with van der Waals surface area (Å²) in [6, 6.07) is 0.533. The predicted octanol–water partition coefficient (Wildman–Crippen LogP) is 0.393. The largest absolute Gasteiger partial charge is 0.481 e. The highest BCUT2D eigenvalue weighted by Crippen LogP contribution is 2.37. The van der Waals surface area contributed by atoms with Crippen LogP contribution in [-0.2, 0) is 25.7 Å². The third-order valence-corrected chi connectivity index (χ3v) is 5.11. The summed E-state index contributed by atoms with van der Waals surface area (Å²) >= 11 is 0. The van der Waals surface area contributed by atoms with Crippen molar-refractivity contribution in [3.8, 4) is 5.88 Å². The first-order valence-electron chi connectivity index (χ1n) is 7.75. The Kier molecular flexibility index (Phi) is 5.16. The van der Waals surface area contributed by atoms with Crippen molar-refractivity contribution in [1.29, 1.82) is 0 Å². The van der Waals surface area contributed by atoms with Crippen molar-refractivity contribution < 1.29 is 35.8 Å². The van der Waals surface area contributed by atoms with Gasteiger partial charge in [-0.25, -0.2) is 33.1 Å². The van der Waals surface area contributed by atoms with Crippen molar-refractivity contribution in [2.75, 3.05) is 21.3 Å². The van der Waals surface area contributed by atoms with E-state index in [-0.39, 0.29) is 11.8 Å². The number of fused-ring (bicyclic) bond motifs is 1. The molecule has 0 bridgehead atoms. The minimum Gasteiger partial charge on any atom is -0.481 e. The molecule has 0 saturated heterocycles. The number of hydrazine groups is 1. The summed E-state index contributed by atoms with van der Waals surface area (Å²) in [6.07, 6.45) is -3.77. The first-order valence-corrected chi connectivity index (χ1v) is 9.23. The maximum absolute atomic E-state index is 13.3. The Labute approximate surface area is 162 Å². The zero-order valence-electron chi connectivity index (χ0n) is 15.2. The summed E-state index contributed by atoms with van der Waals surface area (Å²) in [5.41, 5.74) is 1.12. The number of halogens is 3. The Bertz CT molecular complexity index is 1010. The summed E-state index contributed by atoms with van der Waals surface area (Å²) in [7, 11) is -1.09. The molecule has 2 N–H and O–H groups in total. The quantitative estimate of drug-likeness (QED) is 0.694. The molecule has 0 spiro atoms. The molecular weight excluding hydrogens is 421 g/mol. The third-order valence-electron chi connectivity index (χ3n) is 3.72. The van der Waals surface area contributed by atoms with E-state index >= 15 is 0 Å². The van der Waals surface area contributed by atoms with Gasteiger partial charge in [0.25, 0.3) is 10.0 Å². The Hall–Kier alpha value is -3.23. The molecule has 0 aromatic carbocycles. The number of aromatic nitrogens is 1. The van der Waals surface area contributed by atoms with Crippen LogP contribution in [0.1, 0.15) is 5.56 Å². The molecule has 1 aromatic rings. The molecule has 29 heavy (non-hydrogen) atoms. The van der Waals surface area contributed by atoms with E-state index in [1.165, 1.54) is 25.3 Å². The molecule has 11 nitrogen and oxygen atoms in total. The Morgan fingerprint density at radius 1 is 1.17 bits per heavy atom. The molecule has 3 rings (SSSR count). The summed E-state index contributed by atoms with van der Waals surface area (Å²) < 4.78 is 82.3. The van der Waals surface area contributed by atoms with Crippen molar-refractivity contribution in [3.63, 3.8) is 0 Å². The fourth-order valence-corrected chi connectivity index (χ4v) is 3.80. The number of hydrogen-bond acceptors (Lipinski definition) is 10. The van der Waals surface area contributed by atoms with Gasteiger partial charge in [0, 0.05) is 6.20 Å². The monoisotopic (exact) mass is 436 g/mol. The second-order valence-corrected chi connectivity index (χ2v) is 7.08. The van der Waals surface area contributed by atoms with Crippen LogP contribution in [-0.4, -0.2) is 57.9 Å². The molecule has 0 amide bonds. The van der Waals surface area contributed by atoms with Gasteiger partial charge in [0.1, 0.15) is 0 Å². The number of nitrogens with zero attached hydrogens (tertiary/aromatic N) is 4. The van der Waals surface area contributed by atoms with Crippen LogP contribution in [0.4, 0.5) is 13.2 Å². The van der Waals surface area contributed by atoms with Gasteiger partial charge >= 0.3 is 6.18 Å². The van der Waals surface area contributed by atoms with Crippen molar-refractivity contribution in [3.05, 3.63) is 29.8 Å². The van der Waals surface area contributed by atoms with Gasteiger partial charge in [0.05, 0.1) is 33.0 Å². The van der Waals surface area contributed by atoms with E-state index in [9.17, 15) is 21.6 Å². The van der Waals surface area contributed by atoms with Crippen LogP contribution in [0.3, 0.4) is 0 Å². The summed E-state index contributed by atoms with van der Waals surface area (Å²) in [5.74, 6) is -0.764. The maximum atomic E-state index is 13.3. The van der Waals surface area contributed by atoms with Crippen LogP contribution in [0.15, 0.2) is 39.1 Å². The number of nitrogens with one attached hydrogen (secondary N) is 2. The highest BCUT2D eigenvalue weighted by molar-refractivity contribution is 7.90. The topological polar surface area (TPSA) is 127 Å². The Morgan fingerprint density at radius 3 is 2.48 bits per heavy atom. The molecule has 158 valence electrons. The number of ether oxygens (including phenoxy) is 3. The molecule has 1 unspecified atom stereocenters. The average Bonchev–Trinajstić information content (AvgIpc) is 3.07. The fraction of sp³-hybridized carbons (Fsp3) is 0.357. The van der Waals surface area contributed by atoms with E-state index < -0.39 is 44.8 Å². The zero-order chi connectivity index (χ0) is 21.4. The second-order valence-electron chi connectivity index (χ2n) is 5.46. The molecule has 1 atom stereocenters. The van der Waals surface area contributed by atoms with E-state index in [0.717, 1.165) is 13.3 Å². The molecule has 3 heterocycles. The number of hydrogen-bond donors (Lipinski definition) is 2. The van der Waals surface area contributed by atoms with Crippen LogP contribution in [0.25, 0.3) is 0 Å². The lowest BCUT2D eigenvalue weighted by atomic mass is 10.2. The Balaban J connectivity index is 1.96. The van der Waals surface area contributed by atoms with Crippen molar-refractivity contribution in [2.45, 2.75) is 17.4 Å². The second kappa shape index (κ2) is 7.31. The normalized spacial score (nSPS) is 18.8. The standard InChI is InChI=1S/C14H15F3N6O5S/c1-26-8-6-9(27-2)23-13(19-8)20-12(21-23)22-29(24,25)10-7(14(15,16)17)4-5-18-11(10)28-3/h4-6,13H,1-3H3,(H2,20,21,22). The lowest BCUT2D eigenvalue weighted by Gasteiger charge is -2.26. The van der Waals surface area contributed by atoms with E-state index in [4.69, 9.17) is 14.2 Å². The van der Waals surface area contributed by atoms with Gasteiger partial charge in [-0.1, -0.05) is 0 Å². The fourth-order valence-electron chi connectivity index (χ4n) is 2.51. The molecule has 0 fully saturated rings. The van der Waals surface area contributed by atoms with Crippen molar-refractivity contribution in [2.24, 2.45) is 9.98 Å². The Morgan fingerprint density at radius 2 is 1.90 bits per heavy atom. The minimum atomic E-state index is -4.97. The van der Waals surface area contributed by atoms with Crippen LogP contribution in [0.2, 0.25) is 0 Å². The molecule has 2 aliphatic rings. The minimum absolute atomic E-state index is 0.158. The number of pyridine rings is 1. The smallest absolute Gasteiger partial charge is 0.418 e. The van der Waals surface area contributed by atoms with Gasteiger partial charge in [-0.2, -0.15) is 13.2 Å². The number of methoxy groups -OCH3 is 3. The molecule has 2 aliphatic heterocycles. The lowest BCUT2D eigenvalue weighted by molar-refractivity contribution is -0.140. The summed E-state index contributed by atoms with van der Waals surface area (Å²) in [6.45, 7) is 0. The molecule has 1 aromatic heterocycles. The molecule has 0 aliphatic carbocycles. The first kappa shape index (κ1) is 20.5. The van der Waals surface area contributed by atoms with Gasteiger partial charge in [0.2, 0.25) is 29.9 Å². The predicted molar refractivity (Wildman–Crippen MR) is 91.8 cm³/mol. The summed E-state index contributed by atoms with van der Waals surface area (Å²) in [5, 5.41) is 1.24.